The number of carbonyl (C=O) groups is 1. The smallest absolute Gasteiger partial charge is 0.264 e. The molecule has 0 aliphatic carbocycles. The molecule has 1 atom stereocenters. The molecule has 35 heavy (non-hydrogen) atoms. The van der Waals surface area contributed by atoms with E-state index in [0.29, 0.717) is 49.2 Å². The van der Waals surface area contributed by atoms with Crippen LogP contribution in [0, 0.1) is 0 Å². The topological polar surface area (TPSA) is 106 Å². The molecule has 1 saturated heterocycles. The summed E-state index contributed by atoms with van der Waals surface area (Å²) in [4.78, 5) is 36.4. The molecule has 3 aromatic heterocycles. The van der Waals surface area contributed by atoms with E-state index in [2.05, 4.69) is 22.0 Å². The van der Waals surface area contributed by atoms with Crippen LogP contribution >= 0.6 is 0 Å². The van der Waals surface area contributed by atoms with Crippen LogP contribution in [0.4, 0.5) is 0 Å². The molecule has 0 bridgehead atoms. The van der Waals surface area contributed by atoms with Gasteiger partial charge in [-0.05, 0) is 36.5 Å². The summed E-state index contributed by atoms with van der Waals surface area (Å²) in [6, 6.07) is 15.4. The van der Waals surface area contributed by atoms with Gasteiger partial charge in [0.05, 0.1) is 18.3 Å². The molecule has 5 rings (SSSR count). The van der Waals surface area contributed by atoms with Crippen LogP contribution in [0.15, 0.2) is 72.0 Å². The Bertz CT molecular complexity index is 1370. The van der Waals surface area contributed by atoms with E-state index in [4.69, 9.17) is 0 Å². The first-order valence-electron chi connectivity index (χ1n) is 11.8. The van der Waals surface area contributed by atoms with Gasteiger partial charge in [-0.1, -0.05) is 43.3 Å². The number of nitrogens with zero attached hydrogens (tertiary/aromatic N) is 6. The number of rotatable bonds is 6. The maximum absolute atomic E-state index is 13.1. The van der Waals surface area contributed by atoms with E-state index < -0.39 is 5.60 Å². The number of aromatic nitrogens is 5. The lowest BCUT2D eigenvalue weighted by Crippen LogP contribution is -2.49. The monoisotopic (exact) mass is 472 g/mol. The second-order valence-corrected chi connectivity index (χ2v) is 9.28. The van der Waals surface area contributed by atoms with E-state index in [9.17, 15) is 14.7 Å². The molecule has 0 radical (unpaired) electrons. The summed E-state index contributed by atoms with van der Waals surface area (Å²) in [6.07, 6.45) is 5.81. The van der Waals surface area contributed by atoms with E-state index in [1.54, 1.807) is 18.3 Å². The first-order chi connectivity index (χ1) is 16.9. The van der Waals surface area contributed by atoms with E-state index >= 15 is 0 Å². The number of benzene rings is 1. The predicted octanol–water partition coefficient (Wildman–Crippen LogP) is 2.52. The van der Waals surface area contributed by atoms with Crippen molar-refractivity contribution >= 4 is 16.9 Å². The van der Waals surface area contributed by atoms with Crippen LogP contribution in [0.1, 0.15) is 37.7 Å². The fourth-order valence-corrected chi connectivity index (χ4v) is 4.65. The first kappa shape index (κ1) is 22.9. The van der Waals surface area contributed by atoms with E-state index in [0.717, 1.165) is 5.56 Å². The number of hydrogen-bond acceptors (Lipinski definition) is 6. The minimum atomic E-state index is -1.09. The Labute approximate surface area is 202 Å². The molecule has 0 spiro atoms. The maximum Gasteiger partial charge on any atom is 0.264 e. The summed E-state index contributed by atoms with van der Waals surface area (Å²) >= 11 is 0. The van der Waals surface area contributed by atoms with Gasteiger partial charge >= 0.3 is 0 Å². The zero-order chi connectivity index (χ0) is 24.4. The van der Waals surface area contributed by atoms with E-state index in [1.807, 2.05) is 41.3 Å². The fourth-order valence-electron chi connectivity index (χ4n) is 4.65. The minimum absolute atomic E-state index is 0.0885. The van der Waals surface area contributed by atoms with E-state index in [1.165, 1.54) is 21.8 Å². The maximum atomic E-state index is 13.1. The second kappa shape index (κ2) is 9.42. The van der Waals surface area contributed by atoms with Crippen molar-refractivity contribution in [2.45, 2.75) is 44.2 Å². The van der Waals surface area contributed by atoms with Crippen molar-refractivity contribution in [3.8, 4) is 5.82 Å². The van der Waals surface area contributed by atoms with Gasteiger partial charge in [0.25, 0.3) is 5.56 Å². The Morgan fingerprint density at radius 3 is 2.54 bits per heavy atom. The van der Waals surface area contributed by atoms with Gasteiger partial charge in [0.15, 0.2) is 11.5 Å². The SMILES string of the molecule is CC(CC(=O)N1CCC(O)(Cn2cnc3c(cnn3-c3ccccn3)c2=O)CC1)c1ccccc1. The van der Waals surface area contributed by atoms with Gasteiger partial charge in [0, 0.05) is 25.7 Å². The van der Waals surface area contributed by atoms with Crippen LogP contribution in [-0.2, 0) is 11.3 Å². The number of amides is 1. The number of fused-ring (bicyclic) bond motifs is 1. The molecule has 180 valence electrons. The van der Waals surface area contributed by atoms with Gasteiger partial charge in [-0.3, -0.25) is 14.2 Å². The van der Waals surface area contributed by atoms with Crippen LogP contribution in [0.5, 0.6) is 0 Å². The molecule has 4 heterocycles. The summed E-state index contributed by atoms with van der Waals surface area (Å²) in [5, 5.41) is 15.9. The summed E-state index contributed by atoms with van der Waals surface area (Å²) in [6.45, 7) is 3.09. The standard InChI is InChI=1S/C26H28N6O3/c1-19(20-7-3-2-4-8-20)15-23(33)30-13-10-26(35,11-14-30)17-31-18-28-24-21(25(31)34)16-29-32(24)22-9-5-6-12-27-22/h2-9,12,16,18-19,35H,10-11,13-15,17H2,1H3. The first-order valence-corrected chi connectivity index (χ1v) is 11.8. The Morgan fingerprint density at radius 2 is 1.83 bits per heavy atom. The zero-order valence-electron chi connectivity index (χ0n) is 19.6. The van der Waals surface area contributed by atoms with Gasteiger partial charge < -0.3 is 10.0 Å². The van der Waals surface area contributed by atoms with Gasteiger partial charge in [-0.2, -0.15) is 9.78 Å². The third-order valence-electron chi connectivity index (χ3n) is 6.78. The number of hydrogen-bond donors (Lipinski definition) is 1. The molecular weight excluding hydrogens is 444 g/mol. The third-order valence-corrected chi connectivity index (χ3v) is 6.78. The van der Waals surface area contributed by atoms with Gasteiger partial charge in [-0.25, -0.2) is 9.97 Å². The Morgan fingerprint density at radius 1 is 1.09 bits per heavy atom. The number of pyridine rings is 1. The average molecular weight is 473 g/mol. The number of likely N-dealkylation sites (tertiary alicyclic amines) is 1. The van der Waals surface area contributed by atoms with Crippen LogP contribution in [-0.4, -0.2) is 58.9 Å². The van der Waals surface area contributed by atoms with E-state index in [-0.39, 0.29) is 23.9 Å². The molecule has 9 heteroatoms. The molecule has 4 aromatic rings. The van der Waals surface area contributed by atoms with Crippen molar-refractivity contribution < 1.29 is 9.90 Å². The lowest BCUT2D eigenvalue weighted by atomic mass is 9.90. The second-order valence-electron chi connectivity index (χ2n) is 9.28. The molecule has 1 unspecified atom stereocenters. The minimum Gasteiger partial charge on any atom is -0.388 e. The highest BCUT2D eigenvalue weighted by molar-refractivity contribution is 5.77. The summed E-state index contributed by atoms with van der Waals surface area (Å²) < 4.78 is 2.96. The van der Waals surface area contributed by atoms with Gasteiger partial charge in [-0.15, -0.1) is 0 Å². The molecular formula is C26H28N6O3. The Balaban J connectivity index is 1.25. The molecule has 1 N–H and O–H groups in total. The van der Waals surface area contributed by atoms with Gasteiger partial charge in [0.2, 0.25) is 5.91 Å². The molecule has 9 nitrogen and oxygen atoms in total. The number of aliphatic hydroxyl groups is 1. The van der Waals surface area contributed by atoms with Crippen molar-refractivity contribution in [1.82, 2.24) is 29.2 Å². The Kier molecular flexibility index (Phi) is 6.17. The lowest BCUT2D eigenvalue weighted by molar-refractivity contribution is -0.136. The highest BCUT2D eigenvalue weighted by atomic mass is 16.3. The van der Waals surface area contributed by atoms with Crippen LogP contribution in [0.3, 0.4) is 0 Å². The average Bonchev–Trinajstić information content (AvgIpc) is 3.32. The van der Waals surface area contributed by atoms with Crippen molar-refractivity contribution in [2.75, 3.05) is 13.1 Å². The van der Waals surface area contributed by atoms with Gasteiger partial charge in [0.1, 0.15) is 11.7 Å². The Hall–Kier alpha value is -3.85. The van der Waals surface area contributed by atoms with Crippen molar-refractivity contribution in [2.24, 2.45) is 0 Å². The summed E-state index contributed by atoms with van der Waals surface area (Å²) in [5.74, 6) is 0.794. The van der Waals surface area contributed by atoms with Crippen molar-refractivity contribution in [3.05, 3.63) is 83.2 Å². The summed E-state index contributed by atoms with van der Waals surface area (Å²) in [5.41, 5.74) is 0.214. The molecule has 1 amide bonds. The third kappa shape index (κ3) is 4.72. The molecule has 0 saturated carbocycles. The normalized spacial score (nSPS) is 16.3. The molecule has 1 aliphatic rings. The number of piperidine rings is 1. The van der Waals surface area contributed by atoms with Crippen molar-refractivity contribution in [3.63, 3.8) is 0 Å². The van der Waals surface area contributed by atoms with Crippen LogP contribution in [0.25, 0.3) is 16.9 Å². The predicted molar refractivity (Wildman–Crippen MR) is 131 cm³/mol. The molecule has 1 aromatic carbocycles. The quantitative estimate of drug-likeness (QED) is 0.462. The highest BCUT2D eigenvalue weighted by Gasteiger charge is 2.35. The van der Waals surface area contributed by atoms with Crippen LogP contribution < -0.4 is 5.56 Å². The fraction of sp³-hybridized carbons (Fsp3) is 0.346. The zero-order valence-corrected chi connectivity index (χ0v) is 19.6. The highest BCUT2D eigenvalue weighted by Crippen LogP contribution is 2.26. The van der Waals surface area contributed by atoms with Crippen molar-refractivity contribution in [1.29, 1.82) is 0 Å². The number of carbonyl (C=O) groups excluding carboxylic acids is 1. The summed E-state index contributed by atoms with van der Waals surface area (Å²) in [7, 11) is 0. The molecule has 1 fully saturated rings. The lowest BCUT2D eigenvalue weighted by Gasteiger charge is -2.38. The largest absolute Gasteiger partial charge is 0.388 e. The molecule has 1 aliphatic heterocycles. The van der Waals surface area contributed by atoms with Crippen LogP contribution in [0.2, 0.25) is 0 Å².